The second-order valence-corrected chi connectivity index (χ2v) is 3.50. The molecule has 0 spiro atoms. The Morgan fingerprint density at radius 2 is 1.58 bits per heavy atom. The van der Waals surface area contributed by atoms with Gasteiger partial charge in [-0.2, -0.15) is 0 Å². The molecule has 1 aromatic carbocycles. The first kappa shape index (κ1) is 9.60. The standard InChI is InChI=1S/C11H14Cl/c1-7-5-11(6-12)10(4)9(3)8(7)2/h6H2,1-4H3. The fourth-order valence-electron chi connectivity index (χ4n) is 1.34. The average Bonchev–Trinajstić information content (AvgIpc) is 2.08. The maximum absolute atomic E-state index is 5.80. The van der Waals surface area contributed by atoms with Gasteiger partial charge in [-0.1, -0.05) is 0 Å². The number of benzene rings is 1. The van der Waals surface area contributed by atoms with Crippen LogP contribution in [0, 0.1) is 33.8 Å². The van der Waals surface area contributed by atoms with Crippen LogP contribution in [0.1, 0.15) is 27.8 Å². The van der Waals surface area contributed by atoms with Crippen LogP contribution in [0.3, 0.4) is 0 Å². The highest BCUT2D eigenvalue weighted by atomic mass is 35.5. The molecule has 0 bridgehead atoms. The first-order chi connectivity index (χ1) is 5.57. The van der Waals surface area contributed by atoms with Crippen molar-refractivity contribution in [2.45, 2.75) is 33.6 Å². The Balaban J connectivity index is 3.39. The number of rotatable bonds is 1. The predicted octanol–water partition coefficient (Wildman–Crippen LogP) is 3.46. The van der Waals surface area contributed by atoms with Crippen LogP contribution >= 0.6 is 11.6 Å². The lowest BCUT2D eigenvalue weighted by atomic mass is 9.95. The molecule has 0 saturated heterocycles. The van der Waals surface area contributed by atoms with Crippen LogP contribution in [0.25, 0.3) is 0 Å². The summed E-state index contributed by atoms with van der Waals surface area (Å²) in [7, 11) is 0. The minimum Gasteiger partial charge on any atom is -0.122 e. The Hall–Kier alpha value is -0.490. The van der Waals surface area contributed by atoms with Gasteiger partial charge in [0.05, 0.1) is 0 Å². The molecule has 1 aromatic rings. The third-order valence-electron chi connectivity index (χ3n) is 2.61. The second kappa shape index (κ2) is 3.49. The lowest BCUT2D eigenvalue weighted by molar-refractivity contribution is 1.16. The van der Waals surface area contributed by atoms with E-state index in [0.717, 1.165) is 5.56 Å². The SMILES string of the molecule is Cc1[c]c(CCl)c(C)c(C)c1C. The van der Waals surface area contributed by atoms with Crippen LogP contribution in [-0.2, 0) is 5.88 Å². The highest BCUT2D eigenvalue weighted by Crippen LogP contribution is 2.21. The van der Waals surface area contributed by atoms with Crippen molar-refractivity contribution in [3.8, 4) is 0 Å². The van der Waals surface area contributed by atoms with E-state index in [2.05, 4.69) is 33.8 Å². The summed E-state index contributed by atoms with van der Waals surface area (Å²) in [5, 5.41) is 0. The topological polar surface area (TPSA) is 0 Å². The maximum atomic E-state index is 5.80. The third-order valence-corrected chi connectivity index (χ3v) is 2.88. The molecule has 1 rings (SSSR count). The molecule has 0 amide bonds. The molecule has 1 heteroatoms. The van der Waals surface area contributed by atoms with Crippen molar-refractivity contribution in [2.24, 2.45) is 0 Å². The summed E-state index contributed by atoms with van der Waals surface area (Å²) in [5.74, 6) is 0.563. The van der Waals surface area contributed by atoms with Crippen molar-refractivity contribution in [3.63, 3.8) is 0 Å². The summed E-state index contributed by atoms with van der Waals surface area (Å²) in [6.07, 6.45) is 0. The molecule has 0 atom stereocenters. The van der Waals surface area contributed by atoms with Gasteiger partial charge >= 0.3 is 0 Å². The largest absolute Gasteiger partial charge is 0.122 e. The smallest absolute Gasteiger partial charge is 0.0483 e. The van der Waals surface area contributed by atoms with Crippen molar-refractivity contribution < 1.29 is 0 Å². The Morgan fingerprint density at radius 1 is 1.00 bits per heavy atom. The van der Waals surface area contributed by atoms with Gasteiger partial charge in [0.15, 0.2) is 0 Å². The maximum Gasteiger partial charge on any atom is 0.0483 e. The van der Waals surface area contributed by atoms with Gasteiger partial charge in [-0.05, 0) is 61.6 Å². The molecule has 0 fully saturated rings. The number of hydrogen-bond acceptors (Lipinski definition) is 0. The normalized spacial score (nSPS) is 10.4. The number of halogens is 1. The monoisotopic (exact) mass is 181 g/mol. The molecule has 1 radical (unpaired) electrons. The van der Waals surface area contributed by atoms with Gasteiger partial charge in [0.2, 0.25) is 0 Å². The Bertz CT molecular complexity index is 300. The predicted molar refractivity (Wildman–Crippen MR) is 53.8 cm³/mol. The lowest BCUT2D eigenvalue weighted by Crippen LogP contribution is -1.96. The van der Waals surface area contributed by atoms with E-state index in [4.69, 9.17) is 11.6 Å². The Morgan fingerprint density at radius 3 is 2.08 bits per heavy atom. The molecule has 0 aliphatic rings. The highest BCUT2D eigenvalue weighted by molar-refractivity contribution is 6.17. The molecular weight excluding hydrogens is 168 g/mol. The Labute approximate surface area is 79.6 Å². The summed E-state index contributed by atoms with van der Waals surface area (Å²) >= 11 is 5.80. The second-order valence-electron chi connectivity index (χ2n) is 3.24. The number of hydrogen-bond donors (Lipinski definition) is 0. The molecule has 0 unspecified atom stereocenters. The van der Waals surface area contributed by atoms with Gasteiger partial charge in [-0.25, -0.2) is 0 Å². The average molecular weight is 182 g/mol. The van der Waals surface area contributed by atoms with Crippen molar-refractivity contribution in [1.29, 1.82) is 0 Å². The molecule has 0 N–H and O–H groups in total. The van der Waals surface area contributed by atoms with Crippen LogP contribution in [0.2, 0.25) is 0 Å². The Kier molecular flexibility index (Phi) is 2.79. The van der Waals surface area contributed by atoms with Crippen molar-refractivity contribution in [3.05, 3.63) is 33.9 Å². The zero-order chi connectivity index (χ0) is 9.30. The van der Waals surface area contributed by atoms with Crippen molar-refractivity contribution in [1.82, 2.24) is 0 Å². The van der Waals surface area contributed by atoms with E-state index in [1.807, 2.05) is 0 Å². The van der Waals surface area contributed by atoms with E-state index in [1.54, 1.807) is 0 Å². The van der Waals surface area contributed by atoms with Crippen LogP contribution in [0.4, 0.5) is 0 Å². The number of aryl methyl sites for hydroxylation is 1. The minimum atomic E-state index is 0.563. The summed E-state index contributed by atoms with van der Waals surface area (Å²) < 4.78 is 0. The van der Waals surface area contributed by atoms with Gasteiger partial charge in [0, 0.05) is 5.88 Å². The van der Waals surface area contributed by atoms with Gasteiger partial charge in [0.25, 0.3) is 0 Å². The summed E-state index contributed by atoms with van der Waals surface area (Å²) in [5.41, 5.74) is 6.32. The van der Waals surface area contributed by atoms with E-state index in [0.29, 0.717) is 5.88 Å². The molecule has 12 heavy (non-hydrogen) atoms. The third kappa shape index (κ3) is 1.49. The van der Waals surface area contributed by atoms with E-state index in [-0.39, 0.29) is 0 Å². The summed E-state index contributed by atoms with van der Waals surface area (Å²) in [4.78, 5) is 0. The van der Waals surface area contributed by atoms with Crippen molar-refractivity contribution >= 4 is 11.6 Å². The molecule has 0 aromatic heterocycles. The molecule has 0 heterocycles. The first-order valence-corrected chi connectivity index (χ1v) is 4.66. The van der Waals surface area contributed by atoms with Gasteiger partial charge in [0.1, 0.15) is 0 Å². The van der Waals surface area contributed by atoms with E-state index in [1.165, 1.54) is 22.3 Å². The van der Waals surface area contributed by atoms with Gasteiger partial charge in [-0.3, -0.25) is 0 Å². The van der Waals surface area contributed by atoms with Gasteiger partial charge in [-0.15, -0.1) is 11.6 Å². The molecule has 0 saturated carbocycles. The van der Waals surface area contributed by atoms with Crippen molar-refractivity contribution in [2.75, 3.05) is 0 Å². The van der Waals surface area contributed by atoms with Crippen LogP contribution < -0.4 is 0 Å². The van der Waals surface area contributed by atoms with Gasteiger partial charge < -0.3 is 0 Å². The van der Waals surface area contributed by atoms with E-state index in [9.17, 15) is 0 Å². The van der Waals surface area contributed by atoms with Crippen LogP contribution in [-0.4, -0.2) is 0 Å². The molecule has 0 aliphatic carbocycles. The number of alkyl halides is 1. The molecule has 65 valence electrons. The highest BCUT2D eigenvalue weighted by Gasteiger charge is 2.05. The molecule has 0 nitrogen and oxygen atoms in total. The summed E-state index contributed by atoms with van der Waals surface area (Å²) in [6, 6.07) is 3.30. The zero-order valence-electron chi connectivity index (χ0n) is 8.09. The zero-order valence-corrected chi connectivity index (χ0v) is 8.84. The van der Waals surface area contributed by atoms with E-state index < -0.39 is 0 Å². The molecule has 0 aliphatic heterocycles. The lowest BCUT2D eigenvalue weighted by Gasteiger charge is -2.11. The van der Waals surface area contributed by atoms with Crippen LogP contribution in [0.5, 0.6) is 0 Å². The fourth-order valence-corrected chi connectivity index (χ4v) is 1.60. The molecular formula is C11H14Cl. The fraction of sp³-hybridized carbons (Fsp3) is 0.455. The van der Waals surface area contributed by atoms with E-state index >= 15 is 0 Å². The summed E-state index contributed by atoms with van der Waals surface area (Å²) in [6.45, 7) is 8.46. The quantitative estimate of drug-likeness (QED) is 0.583. The van der Waals surface area contributed by atoms with Crippen LogP contribution in [0.15, 0.2) is 0 Å². The minimum absolute atomic E-state index is 0.563. The first-order valence-electron chi connectivity index (χ1n) is 4.12.